The molecule has 0 radical (unpaired) electrons. The predicted molar refractivity (Wildman–Crippen MR) is 64.4 cm³/mol. The third kappa shape index (κ3) is 3.95. The molecule has 0 saturated carbocycles. The van der Waals surface area contributed by atoms with Gasteiger partial charge in [-0.25, -0.2) is 8.42 Å². The zero-order valence-corrected chi connectivity index (χ0v) is 11.0. The number of rotatable bonds is 3. The van der Waals surface area contributed by atoms with Crippen LogP contribution in [0.15, 0.2) is 24.3 Å². The van der Waals surface area contributed by atoms with Crippen LogP contribution in [0.2, 0.25) is 0 Å². The Morgan fingerprint density at radius 1 is 1.26 bits per heavy atom. The molecule has 1 aromatic carbocycles. The number of alkyl halides is 3. The summed E-state index contributed by atoms with van der Waals surface area (Å²) in [5, 5.41) is 0.563. The van der Waals surface area contributed by atoms with E-state index in [9.17, 15) is 26.4 Å². The van der Waals surface area contributed by atoms with Crippen LogP contribution >= 0.6 is 0 Å². The second kappa shape index (κ2) is 5.20. The van der Waals surface area contributed by atoms with Crippen LogP contribution in [0.3, 0.4) is 0 Å². The molecule has 0 aliphatic carbocycles. The van der Waals surface area contributed by atoms with Crippen molar-refractivity contribution in [1.82, 2.24) is 0 Å². The van der Waals surface area contributed by atoms with Crippen molar-refractivity contribution in [3.63, 3.8) is 0 Å². The fourth-order valence-corrected chi connectivity index (χ4v) is 1.72. The van der Waals surface area contributed by atoms with Crippen LogP contribution in [0, 0.1) is 0 Å². The molecule has 106 valence electrons. The largest absolute Gasteiger partial charge is 0.418 e. The maximum absolute atomic E-state index is 12.7. The van der Waals surface area contributed by atoms with E-state index in [1.54, 1.807) is 0 Å². The minimum Gasteiger partial charge on any atom is -0.324 e. The molecule has 19 heavy (non-hydrogen) atoms. The van der Waals surface area contributed by atoms with Crippen LogP contribution in [0.25, 0.3) is 0 Å². The van der Waals surface area contributed by atoms with Gasteiger partial charge in [0.1, 0.15) is 5.25 Å². The lowest BCUT2D eigenvalue weighted by atomic mass is 10.1. The highest BCUT2D eigenvalue weighted by Gasteiger charge is 2.34. The Morgan fingerprint density at radius 3 is 2.26 bits per heavy atom. The van der Waals surface area contributed by atoms with Gasteiger partial charge in [0, 0.05) is 6.26 Å². The van der Waals surface area contributed by atoms with Crippen molar-refractivity contribution in [3.05, 3.63) is 29.8 Å². The first-order valence-corrected chi connectivity index (χ1v) is 7.15. The van der Waals surface area contributed by atoms with E-state index >= 15 is 0 Å². The monoisotopic (exact) mass is 295 g/mol. The summed E-state index contributed by atoms with van der Waals surface area (Å²) < 4.78 is 60.3. The number of hydrogen-bond acceptors (Lipinski definition) is 3. The number of hydrogen-bond donors (Lipinski definition) is 1. The van der Waals surface area contributed by atoms with Crippen molar-refractivity contribution < 1.29 is 26.4 Å². The third-order valence-electron chi connectivity index (χ3n) is 2.50. The zero-order valence-electron chi connectivity index (χ0n) is 10.2. The first kappa shape index (κ1) is 15.5. The number of anilines is 1. The summed E-state index contributed by atoms with van der Waals surface area (Å²) in [6, 6.07) is 4.37. The molecule has 0 bridgehead atoms. The van der Waals surface area contributed by atoms with E-state index < -0.39 is 38.4 Å². The highest BCUT2D eigenvalue weighted by molar-refractivity contribution is 7.92. The first-order valence-electron chi connectivity index (χ1n) is 5.19. The van der Waals surface area contributed by atoms with E-state index in [0.717, 1.165) is 25.3 Å². The Labute approximate surface area is 108 Å². The molecular weight excluding hydrogens is 283 g/mol. The van der Waals surface area contributed by atoms with E-state index in [0.29, 0.717) is 0 Å². The van der Waals surface area contributed by atoms with Gasteiger partial charge in [-0.15, -0.1) is 0 Å². The van der Waals surface area contributed by atoms with Gasteiger partial charge in [0.2, 0.25) is 5.91 Å². The second-order valence-electron chi connectivity index (χ2n) is 4.00. The van der Waals surface area contributed by atoms with Crippen molar-refractivity contribution in [2.24, 2.45) is 0 Å². The Hall–Kier alpha value is -1.57. The number of benzene rings is 1. The fraction of sp³-hybridized carbons (Fsp3) is 0.364. The Balaban J connectivity index is 3.05. The van der Waals surface area contributed by atoms with Gasteiger partial charge in [0.25, 0.3) is 0 Å². The Bertz CT molecular complexity index is 581. The number of para-hydroxylation sites is 1. The molecule has 0 aromatic heterocycles. The molecular formula is C11H12F3NO3S. The topological polar surface area (TPSA) is 63.2 Å². The SMILES string of the molecule is C[C@@H](C(=O)Nc1ccccc1C(F)(F)F)S(C)(=O)=O. The van der Waals surface area contributed by atoms with Crippen molar-refractivity contribution in [2.75, 3.05) is 11.6 Å². The van der Waals surface area contributed by atoms with Gasteiger partial charge < -0.3 is 5.32 Å². The quantitative estimate of drug-likeness (QED) is 0.928. The van der Waals surface area contributed by atoms with Crippen LogP contribution in [0.1, 0.15) is 12.5 Å². The van der Waals surface area contributed by atoms with Crippen LogP contribution in [-0.4, -0.2) is 25.8 Å². The highest BCUT2D eigenvalue weighted by Crippen LogP contribution is 2.34. The lowest BCUT2D eigenvalue weighted by molar-refractivity contribution is -0.137. The third-order valence-corrected chi connectivity index (χ3v) is 4.00. The molecule has 0 spiro atoms. The Morgan fingerprint density at radius 2 is 1.79 bits per heavy atom. The van der Waals surface area contributed by atoms with Crippen molar-refractivity contribution in [3.8, 4) is 0 Å². The highest BCUT2D eigenvalue weighted by atomic mass is 32.2. The van der Waals surface area contributed by atoms with E-state index in [1.807, 2.05) is 5.32 Å². The smallest absolute Gasteiger partial charge is 0.324 e. The summed E-state index contributed by atoms with van der Waals surface area (Å²) in [5.41, 5.74) is -1.49. The minimum absolute atomic E-state index is 0.462. The molecule has 1 N–H and O–H groups in total. The summed E-state index contributed by atoms with van der Waals surface area (Å²) >= 11 is 0. The summed E-state index contributed by atoms with van der Waals surface area (Å²) in [6.45, 7) is 1.11. The molecule has 0 fully saturated rings. The average molecular weight is 295 g/mol. The van der Waals surface area contributed by atoms with Gasteiger partial charge in [-0.2, -0.15) is 13.2 Å². The van der Waals surface area contributed by atoms with Crippen LogP contribution in [-0.2, 0) is 20.8 Å². The summed E-state index contributed by atoms with van der Waals surface area (Å²) in [7, 11) is -3.66. The van der Waals surface area contributed by atoms with Crippen molar-refractivity contribution in [2.45, 2.75) is 18.3 Å². The molecule has 1 atom stereocenters. The van der Waals surface area contributed by atoms with Gasteiger partial charge in [0.05, 0.1) is 11.3 Å². The number of halogens is 3. The lowest BCUT2D eigenvalue weighted by Gasteiger charge is -2.15. The number of carbonyl (C=O) groups is 1. The molecule has 0 aliphatic heterocycles. The molecule has 0 unspecified atom stereocenters. The van der Waals surface area contributed by atoms with E-state index in [4.69, 9.17) is 0 Å². The van der Waals surface area contributed by atoms with Gasteiger partial charge in [-0.1, -0.05) is 12.1 Å². The van der Waals surface area contributed by atoms with Gasteiger partial charge in [0.15, 0.2) is 9.84 Å². The van der Waals surface area contributed by atoms with Gasteiger partial charge in [-0.3, -0.25) is 4.79 Å². The molecule has 8 heteroatoms. The van der Waals surface area contributed by atoms with Crippen LogP contribution < -0.4 is 5.32 Å². The summed E-state index contributed by atoms with van der Waals surface area (Å²) in [4.78, 5) is 11.6. The normalized spacial score (nSPS) is 13.9. The minimum atomic E-state index is -4.63. The van der Waals surface area contributed by atoms with Crippen molar-refractivity contribution in [1.29, 1.82) is 0 Å². The summed E-state index contributed by atoms with van der Waals surface area (Å²) in [6.07, 6.45) is -3.79. The molecule has 4 nitrogen and oxygen atoms in total. The standard InChI is InChI=1S/C11H12F3NO3S/c1-7(19(2,17)18)10(16)15-9-6-4-3-5-8(9)11(12,13)14/h3-7H,1-2H3,(H,15,16)/t7-/m0/s1. The number of carbonyl (C=O) groups excluding carboxylic acids is 1. The molecule has 0 aliphatic rings. The molecule has 0 heterocycles. The average Bonchev–Trinajstić information content (AvgIpc) is 2.26. The van der Waals surface area contributed by atoms with Crippen LogP contribution in [0.4, 0.5) is 18.9 Å². The Kier molecular flexibility index (Phi) is 4.24. The predicted octanol–water partition coefficient (Wildman–Crippen LogP) is 2.08. The number of sulfone groups is 1. The number of nitrogens with one attached hydrogen (secondary N) is 1. The zero-order chi connectivity index (χ0) is 14.8. The van der Waals surface area contributed by atoms with E-state index in [-0.39, 0.29) is 0 Å². The molecule has 1 rings (SSSR count). The van der Waals surface area contributed by atoms with E-state index in [1.165, 1.54) is 12.1 Å². The maximum Gasteiger partial charge on any atom is 0.418 e. The van der Waals surface area contributed by atoms with E-state index in [2.05, 4.69) is 0 Å². The first-order chi connectivity index (χ1) is 8.53. The fourth-order valence-electron chi connectivity index (χ4n) is 1.27. The molecule has 0 saturated heterocycles. The van der Waals surface area contributed by atoms with Gasteiger partial charge >= 0.3 is 6.18 Å². The second-order valence-corrected chi connectivity index (χ2v) is 6.37. The summed E-state index contributed by atoms with van der Waals surface area (Å²) in [5.74, 6) is -1.00. The van der Waals surface area contributed by atoms with Crippen molar-refractivity contribution >= 4 is 21.4 Å². The lowest BCUT2D eigenvalue weighted by Crippen LogP contribution is -2.32. The molecule has 1 amide bonds. The van der Waals surface area contributed by atoms with Gasteiger partial charge in [-0.05, 0) is 19.1 Å². The van der Waals surface area contributed by atoms with Crippen LogP contribution in [0.5, 0.6) is 0 Å². The maximum atomic E-state index is 12.7. The number of amides is 1. The molecule has 1 aromatic rings.